The zero-order chi connectivity index (χ0) is 10.5. The third kappa shape index (κ3) is 22.5. The topological polar surface area (TPSA) is 61.1 Å². The van der Waals surface area contributed by atoms with E-state index in [2.05, 4.69) is 0 Å². The maximum Gasteiger partial charge on any atom is 1.00 e. The van der Waals surface area contributed by atoms with Crippen molar-refractivity contribution in [3.05, 3.63) is 43.0 Å². The largest absolute Gasteiger partial charge is 1.00 e. The molecule has 1 aromatic rings. The second-order valence-corrected chi connectivity index (χ2v) is 1.90. The molecule has 0 fully saturated rings. The molecule has 0 amide bonds. The van der Waals surface area contributed by atoms with Crippen molar-refractivity contribution in [3.8, 4) is 0 Å². The van der Waals surface area contributed by atoms with Gasteiger partial charge in [0.1, 0.15) is 0 Å². The first kappa shape index (κ1) is 18.9. The molecule has 0 heterocycles. The van der Waals surface area contributed by atoms with Crippen LogP contribution < -0.4 is 29.6 Å². The van der Waals surface area contributed by atoms with Gasteiger partial charge in [0.05, 0.1) is 0 Å². The van der Waals surface area contributed by atoms with Crippen LogP contribution in [0.25, 0.3) is 0 Å². The van der Waals surface area contributed by atoms with E-state index in [1.807, 2.05) is 36.4 Å². The van der Waals surface area contributed by atoms with E-state index in [1.54, 1.807) is 6.92 Å². The second kappa shape index (κ2) is 18.1. The Labute approximate surface area is 107 Å². The molecule has 1 aromatic carbocycles. The van der Waals surface area contributed by atoms with Gasteiger partial charge in [-0.05, 0) is 0 Å². The number of carboxylic acid groups (broad SMARTS) is 1. The second-order valence-electron chi connectivity index (χ2n) is 1.90. The molecule has 0 aliphatic rings. The van der Waals surface area contributed by atoms with Crippen molar-refractivity contribution in [1.82, 2.24) is 0 Å². The zero-order valence-corrected chi connectivity index (χ0v) is 10.5. The molecule has 1 N–H and O–H groups in total. The Hall–Kier alpha value is -0.820. The standard InChI is InChI=1S/C6H6.C3H6O2.CN.Na/c1-2-4-6-5-3-1;1-2-3(4)5;1-2;/h1-6H;2H2,1H3,(H,4,5);;/q;;-1;+1. The molecular weight excluding hydrogens is 189 g/mol. The number of carbonyl (C=O) groups is 1. The molecule has 0 bridgehead atoms. The predicted molar refractivity (Wildman–Crippen MR) is 49.3 cm³/mol. The fraction of sp³-hybridized carbons (Fsp3) is 0.200. The van der Waals surface area contributed by atoms with Crippen LogP contribution in [0.1, 0.15) is 13.3 Å². The molecule has 70 valence electrons. The number of hydrogen-bond donors (Lipinski definition) is 1. The van der Waals surface area contributed by atoms with Crippen molar-refractivity contribution < 1.29 is 39.5 Å². The molecule has 0 saturated heterocycles. The van der Waals surface area contributed by atoms with Crippen molar-refractivity contribution in [1.29, 1.82) is 5.26 Å². The Bertz CT molecular complexity index is 197. The molecule has 0 atom stereocenters. The van der Waals surface area contributed by atoms with Crippen molar-refractivity contribution in [3.63, 3.8) is 0 Å². The number of hydrogen-bond acceptors (Lipinski definition) is 2. The number of aliphatic carboxylic acids is 1. The quantitative estimate of drug-likeness (QED) is 0.481. The van der Waals surface area contributed by atoms with E-state index in [4.69, 9.17) is 16.9 Å². The molecule has 4 heteroatoms. The van der Waals surface area contributed by atoms with Gasteiger partial charge in [-0.3, -0.25) is 4.79 Å². The van der Waals surface area contributed by atoms with Gasteiger partial charge in [0.2, 0.25) is 0 Å². The Kier molecular flexibility index (Phi) is 24.3. The number of nitrogens with zero attached hydrogens (tertiary/aromatic N) is 1. The number of benzene rings is 1. The summed E-state index contributed by atoms with van der Waals surface area (Å²) in [6.45, 7) is 6.35. The van der Waals surface area contributed by atoms with Gasteiger partial charge in [-0.2, -0.15) is 0 Å². The molecule has 1 rings (SSSR count). The molecule has 0 spiro atoms. The fourth-order valence-electron chi connectivity index (χ4n) is 0.385. The van der Waals surface area contributed by atoms with Crippen LogP contribution in [0, 0.1) is 11.8 Å². The summed E-state index contributed by atoms with van der Waals surface area (Å²) in [7, 11) is 0. The van der Waals surface area contributed by atoms with Crippen LogP contribution in [0.2, 0.25) is 0 Å². The Balaban J connectivity index is -0.000000141. The molecule has 0 saturated carbocycles. The van der Waals surface area contributed by atoms with Crippen LogP contribution in [-0.4, -0.2) is 11.1 Å². The molecular formula is C10H12NNaO2. The van der Waals surface area contributed by atoms with Gasteiger partial charge in [-0.1, -0.05) is 43.3 Å². The average Bonchev–Trinajstić information content (AvgIpc) is 2.24. The van der Waals surface area contributed by atoms with E-state index in [9.17, 15) is 4.79 Å². The van der Waals surface area contributed by atoms with E-state index < -0.39 is 5.97 Å². The number of carboxylic acids is 1. The zero-order valence-electron chi connectivity index (χ0n) is 8.47. The first-order valence-corrected chi connectivity index (χ1v) is 3.71. The third-order valence-electron chi connectivity index (χ3n) is 0.969. The summed E-state index contributed by atoms with van der Waals surface area (Å²) in [4.78, 5) is 9.37. The van der Waals surface area contributed by atoms with E-state index in [1.165, 1.54) is 0 Å². The van der Waals surface area contributed by atoms with Gasteiger partial charge < -0.3 is 16.9 Å². The van der Waals surface area contributed by atoms with E-state index in [-0.39, 0.29) is 36.0 Å². The minimum atomic E-state index is -0.745. The van der Waals surface area contributed by atoms with E-state index in [0.29, 0.717) is 0 Å². The summed E-state index contributed by atoms with van der Waals surface area (Å²) in [6.07, 6.45) is 0.222. The van der Waals surface area contributed by atoms with Crippen molar-refractivity contribution >= 4 is 5.97 Å². The van der Waals surface area contributed by atoms with Crippen LogP contribution >= 0.6 is 0 Å². The molecule has 14 heavy (non-hydrogen) atoms. The van der Waals surface area contributed by atoms with Crippen LogP contribution in [0.15, 0.2) is 36.4 Å². The van der Waals surface area contributed by atoms with Crippen LogP contribution in [0.3, 0.4) is 0 Å². The summed E-state index contributed by atoms with van der Waals surface area (Å²) < 4.78 is 0. The molecule has 0 aliphatic heterocycles. The molecule has 0 aliphatic carbocycles. The van der Waals surface area contributed by atoms with E-state index >= 15 is 0 Å². The average molecular weight is 201 g/mol. The monoisotopic (exact) mass is 201 g/mol. The summed E-state index contributed by atoms with van der Waals surface area (Å²) in [5, 5.41) is 14.0. The predicted octanol–water partition coefficient (Wildman–Crippen LogP) is -0.732. The SMILES string of the molecule is CCC(=O)O.[C-]#N.[Na+].c1ccccc1. The molecule has 3 nitrogen and oxygen atoms in total. The normalized spacial score (nSPS) is 6.21. The maximum absolute atomic E-state index is 9.37. The van der Waals surface area contributed by atoms with Gasteiger partial charge in [-0.25, -0.2) is 0 Å². The van der Waals surface area contributed by atoms with Crippen LogP contribution in [-0.2, 0) is 4.79 Å². The fourth-order valence-corrected chi connectivity index (χ4v) is 0.385. The molecule has 0 radical (unpaired) electrons. The van der Waals surface area contributed by atoms with Crippen molar-refractivity contribution in [2.45, 2.75) is 13.3 Å². The Morgan fingerprint density at radius 2 is 1.29 bits per heavy atom. The minimum absolute atomic E-state index is 0. The smallest absolute Gasteiger partial charge is 0.512 e. The van der Waals surface area contributed by atoms with Gasteiger partial charge in [-0.15, -0.1) is 0 Å². The summed E-state index contributed by atoms with van der Waals surface area (Å²) >= 11 is 0. The summed E-state index contributed by atoms with van der Waals surface area (Å²) in [5.74, 6) is -0.745. The van der Waals surface area contributed by atoms with Gasteiger partial charge in [0, 0.05) is 6.42 Å². The molecule has 0 unspecified atom stereocenters. The van der Waals surface area contributed by atoms with Gasteiger partial charge in [0.15, 0.2) is 0 Å². The minimum Gasteiger partial charge on any atom is -0.512 e. The third-order valence-corrected chi connectivity index (χ3v) is 0.969. The van der Waals surface area contributed by atoms with Gasteiger partial charge >= 0.3 is 35.5 Å². The first-order valence-electron chi connectivity index (χ1n) is 3.71. The summed E-state index contributed by atoms with van der Waals surface area (Å²) in [5.41, 5.74) is 0. The molecule has 0 aromatic heterocycles. The first-order chi connectivity index (χ1) is 6.27. The van der Waals surface area contributed by atoms with Gasteiger partial charge in [0.25, 0.3) is 0 Å². The maximum atomic E-state index is 9.37. The Morgan fingerprint density at radius 1 is 1.14 bits per heavy atom. The van der Waals surface area contributed by atoms with Crippen LogP contribution in [0.5, 0.6) is 0 Å². The van der Waals surface area contributed by atoms with E-state index in [0.717, 1.165) is 0 Å². The number of rotatable bonds is 1. The van der Waals surface area contributed by atoms with Crippen molar-refractivity contribution in [2.75, 3.05) is 0 Å². The Morgan fingerprint density at radius 3 is 1.36 bits per heavy atom. The van der Waals surface area contributed by atoms with Crippen molar-refractivity contribution in [2.24, 2.45) is 0 Å². The summed E-state index contributed by atoms with van der Waals surface area (Å²) in [6, 6.07) is 12.0. The van der Waals surface area contributed by atoms with Crippen LogP contribution in [0.4, 0.5) is 0 Å².